The SMILES string of the molecule is CC1CC(C)(C)Cc2c1cc1c(c2S(=O)(=O)O)Oc2c(S(=O)(=O)O)c3c(cc2=C1c1c(Cl)c(SCC(=O)CCCCCCC(=O)NCCOCCOCCNC(=O)OC(C)(C)C)c(Cl)c(Cl)c1C(=O)O)C(C)CC(C)(C)C=3. The van der Waals surface area contributed by atoms with Gasteiger partial charge < -0.3 is 34.7 Å². The van der Waals surface area contributed by atoms with Crippen molar-refractivity contribution < 1.29 is 69.2 Å². The molecule has 2 unspecified atom stereocenters. The molecule has 424 valence electrons. The highest BCUT2D eigenvalue weighted by Crippen LogP contribution is 2.54. The van der Waals surface area contributed by atoms with Crippen LogP contribution in [0.25, 0.3) is 11.6 Å². The van der Waals surface area contributed by atoms with Gasteiger partial charge in [0.25, 0.3) is 20.2 Å². The van der Waals surface area contributed by atoms with E-state index in [0.29, 0.717) is 89.2 Å². The monoisotopic (exact) mass is 1190 g/mol. The molecule has 3 aromatic carbocycles. The summed E-state index contributed by atoms with van der Waals surface area (Å²) in [6.45, 7) is 18.6. The van der Waals surface area contributed by atoms with Gasteiger partial charge in [0.1, 0.15) is 21.2 Å². The van der Waals surface area contributed by atoms with E-state index in [1.165, 1.54) is 0 Å². The summed E-state index contributed by atoms with van der Waals surface area (Å²) in [4.78, 5) is 49.7. The molecule has 0 fully saturated rings. The maximum atomic E-state index is 13.8. The Bertz CT molecular complexity index is 3190. The number of rotatable bonds is 23. The first kappa shape index (κ1) is 62.2. The summed E-state index contributed by atoms with van der Waals surface area (Å²) in [6, 6.07) is 3.26. The molecule has 2 atom stereocenters. The Balaban J connectivity index is 1.22. The minimum absolute atomic E-state index is 0.0164. The summed E-state index contributed by atoms with van der Waals surface area (Å²) < 4.78 is 99.9. The van der Waals surface area contributed by atoms with E-state index in [4.69, 9.17) is 53.8 Å². The number of carbonyl (C=O) groups excluding carboxylic acids is 3. The average Bonchev–Trinajstić information content (AvgIpc) is 3.29. The third-order valence-electron chi connectivity index (χ3n) is 13.5. The highest BCUT2D eigenvalue weighted by molar-refractivity contribution is 8.00. The van der Waals surface area contributed by atoms with Crippen LogP contribution >= 0.6 is 46.6 Å². The zero-order valence-electron chi connectivity index (χ0n) is 44.8. The standard InChI is InChI=1S/C54H69Cl3N2O15S3/c1-29-24-53(6,7)26-36-32(29)22-34-39(35-23-33-30(2)25-54(8,9)27-37(33)49(77(68,69)70)46(35)73-45(34)48(36)76(65,66)67)40-41(50(62)63)42(55)44(57)47(43(40)56)75-28-31(60)14-12-10-11-13-15-38(61)58-16-18-71-20-21-72-19-17-59-51(64)74-52(3,4)5/h22-23,26,29-30H,10-21,24-25,27-28H2,1-9H3,(H,58,61)(H,59,64)(H,62,63)(H,65,66,67)(H,68,69,70). The van der Waals surface area contributed by atoms with Crippen molar-refractivity contribution in [2.45, 2.75) is 152 Å². The number of carboxylic acids is 1. The van der Waals surface area contributed by atoms with Gasteiger partial charge in [0, 0.05) is 52.7 Å². The quantitative estimate of drug-likeness (QED) is 0.0200. The predicted molar refractivity (Wildman–Crippen MR) is 296 cm³/mol. The molecule has 2 aliphatic carbocycles. The number of carboxylic acid groups (broad SMARTS) is 1. The topological polar surface area (TPSA) is 258 Å². The molecule has 6 rings (SSSR count). The van der Waals surface area contributed by atoms with Crippen LogP contribution < -0.4 is 25.8 Å². The molecule has 0 saturated heterocycles. The van der Waals surface area contributed by atoms with Crippen LogP contribution in [0.1, 0.15) is 164 Å². The normalized spacial score (nSPS) is 17.5. The number of hydrogen-bond donors (Lipinski definition) is 5. The molecule has 77 heavy (non-hydrogen) atoms. The minimum Gasteiger partial charge on any atom is -0.478 e. The van der Waals surface area contributed by atoms with E-state index in [-0.39, 0.29) is 96.2 Å². The Hall–Kier alpha value is -3.96. The second-order valence-corrected chi connectivity index (χ2v) is 27.3. The summed E-state index contributed by atoms with van der Waals surface area (Å²) in [6.07, 6.45) is 5.34. The van der Waals surface area contributed by atoms with Crippen LogP contribution in [0.15, 0.2) is 26.8 Å². The summed E-state index contributed by atoms with van der Waals surface area (Å²) >= 11 is 22.0. The number of aromatic carboxylic acids is 1. The van der Waals surface area contributed by atoms with Crippen LogP contribution in [0.2, 0.25) is 15.1 Å². The maximum Gasteiger partial charge on any atom is 0.407 e. The number of thioether (sulfide) groups is 1. The number of fused-ring (bicyclic) bond motifs is 4. The minimum atomic E-state index is -5.22. The van der Waals surface area contributed by atoms with Crippen molar-refractivity contribution >= 4 is 102 Å². The van der Waals surface area contributed by atoms with Crippen LogP contribution in [-0.4, -0.2) is 106 Å². The van der Waals surface area contributed by atoms with E-state index in [0.717, 1.165) is 11.8 Å². The van der Waals surface area contributed by atoms with Crippen LogP contribution in [0.3, 0.4) is 0 Å². The molecule has 2 amide bonds. The number of hydrogen-bond acceptors (Lipinski definition) is 13. The van der Waals surface area contributed by atoms with Crippen molar-refractivity contribution in [1.82, 2.24) is 10.6 Å². The largest absolute Gasteiger partial charge is 0.478 e. The van der Waals surface area contributed by atoms with Crippen LogP contribution in [-0.2, 0) is 50.5 Å². The van der Waals surface area contributed by atoms with Gasteiger partial charge in [-0.05, 0) is 110 Å². The number of ketones is 1. The number of halogens is 3. The average molecular weight is 1190 g/mol. The van der Waals surface area contributed by atoms with Crippen LogP contribution in [0, 0.1) is 10.8 Å². The number of unbranched alkanes of at least 4 members (excludes halogenated alkanes) is 3. The van der Waals surface area contributed by atoms with Gasteiger partial charge in [0.2, 0.25) is 5.91 Å². The number of nitrogens with one attached hydrogen (secondary N) is 2. The zero-order valence-corrected chi connectivity index (χ0v) is 49.5. The molecular formula is C54H69Cl3N2O15S3. The molecule has 3 aliphatic rings. The van der Waals surface area contributed by atoms with Gasteiger partial charge in [0.05, 0.1) is 52.8 Å². The highest BCUT2D eigenvalue weighted by Gasteiger charge is 2.43. The Morgan fingerprint density at radius 2 is 1.38 bits per heavy atom. The summed E-state index contributed by atoms with van der Waals surface area (Å²) in [5.74, 6) is -3.79. The van der Waals surface area contributed by atoms with Gasteiger partial charge in [-0.25, -0.2) is 9.59 Å². The van der Waals surface area contributed by atoms with E-state index in [1.54, 1.807) is 39.0 Å². The van der Waals surface area contributed by atoms with Crippen LogP contribution in [0.4, 0.5) is 4.79 Å². The number of carbonyl (C=O) groups is 4. The van der Waals surface area contributed by atoms with Gasteiger partial charge >= 0.3 is 12.1 Å². The molecule has 0 bridgehead atoms. The first-order valence-electron chi connectivity index (χ1n) is 25.5. The van der Waals surface area contributed by atoms with Gasteiger partial charge in [-0.15, -0.1) is 11.8 Å². The fourth-order valence-corrected chi connectivity index (χ4v) is 14.4. The highest BCUT2D eigenvalue weighted by atomic mass is 35.5. The molecule has 0 aromatic heterocycles. The Labute approximate surface area is 470 Å². The van der Waals surface area contributed by atoms with E-state index < -0.39 is 80.6 Å². The Kier molecular flexibility index (Phi) is 20.1. The van der Waals surface area contributed by atoms with Gasteiger partial charge in [-0.3, -0.25) is 18.7 Å². The molecule has 0 saturated carbocycles. The Morgan fingerprint density at radius 1 is 0.779 bits per heavy atom. The number of Topliss-reactive ketones (excluding diaryl/α,β-unsaturated/α-hetero) is 1. The summed E-state index contributed by atoms with van der Waals surface area (Å²) in [5, 5.41) is 15.4. The van der Waals surface area contributed by atoms with Crippen molar-refractivity contribution in [3.63, 3.8) is 0 Å². The number of amides is 2. The van der Waals surface area contributed by atoms with Gasteiger partial charge in [-0.1, -0.05) is 95.3 Å². The van der Waals surface area contributed by atoms with E-state index >= 15 is 0 Å². The lowest BCUT2D eigenvalue weighted by Crippen LogP contribution is -2.35. The maximum absolute atomic E-state index is 13.8. The van der Waals surface area contributed by atoms with Crippen LogP contribution in [0.5, 0.6) is 11.5 Å². The lowest BCUT2D eigenvalue weighted by Gasteiger charge is -2.38. The van der Waals surface area contributed by atoms with Crippen molar-refractivity contribution in [2.24, 2.45) is 10.8 Å². The van der Waals surface area contributed by atoms with Gasteiger partial charge in [-0.2, -0.15) is 16.8 Å². The Morgan fingerprint density at radius 3 is 1.97 bits per heavy atom. The molecule has 3 aromatic rings. The first-order chi connectivity index (χ1) is 35.7. The number of benzene rings is 3. The predicted octanol–water partition coefficient (Wildman–Crippen LogP) is 10.3. The summed E-state index contributed by atoms with van der Waals surface area (Å²) in [7, 11) is -10.4. The van der Waals surface area contributed by atoms with Gasteiger partial charge in [0.15, 0.2) is 11.5 Å². The third kappa shape index (κ3) is 15.3. The fraction of sp³-hybridized carbons (Fsp3) is 0.556. The molecule has 1 aliphatic heterocycles. The second-order valence-electron chi connectivity index (χ2n) is 22.4. The van der Waals surface area contributed by atoms with Crippen molar-refractivity contribution in [1.29, 1.82) is 0 Å². The molecular weight excluding hydrogens is 1120 g/mol. The lowest BCUT2D eigenvalue weighted by molar-refractivity contribution is -0.121. The summed E-state index contributed by atoms with van der Waals surface area (Å²) in [5.41, 5.74) is -1.52. The third-order valence-corrected chi connectivity index (χ3v) is 18.0. The number of alkyl carbamates (subject to hydrolysis) is 1. The second kappa shape index (κ2) is 24.8. The van der Waals surface area contributed by atoms with Crippen molar-refractivity contribution in [3.8, 4) is 11.5 Å². The van der Waals surface area contributed by atoms with E-state index in [1.807, 2.05) is 41.5 Å². The van der Waals surface area contributed by atoms with E-state index in [2.05, 4.69) is 10.6 Å². The van der Waals surface area contributed by atoms with E-state index in [9.17, 15) is 50.2 Å². The first-order valence-corrected chi connectivity index (χ1v) is 30.5. The lowest BCUT2D eigenvalue weighted by atomic mass is 9.69. The zero-order chi connectivity index (χ0) is 57.2. The smallest absolute Gasteiger partial charge is 0.407 e. The van der Waals surface area contributed by atoms with Crippen molar-refractivity contribution in [3.05, 3.63) is 71.0 Å². The molecule has 17 nitrogen and oxygen atoms in total. The molecule has 0 radical (unpaired) electrons. The molecule has 0 spiro atoms. The number of ether oxygens (including phenoxy) is 4. The molecule has 5 N–H and O–H groups in total. The molecule has 23 heteroatoms. The fourth-order valence-electron chi connectivity index (χ4n) is 10.6. The molecule has 1 heterocycles. The van der Waals surface area contributed by atoms with Crippen molar-refractivity contribution in [2.75, 3.05) is 45.3 Å².